The fourth-order valence-electron chi connectivity index (χ4n) is 3.74. The predicted octanol–water partition coefficient (Wildman–Crippen LogP) is 2.28. The molecule has 2 aromatic rings. The molecule has 0 bridgehead atoms. The van der Waals surface area contributed by atoms with Crippen LogP contribution in [0.3, 0.4) is 0 Å². The normalized spacial score (nSPS) is 21.9. The van der Waals surface area contributed by atoms with Crippen molar-refractivity contribution in [1.29, 1.82) is 0 Å². The number of furan rings is 1. The minimum Gasteiger partial charge on any atom is -0.451 e. The van der Waals surface area contributed by atoms with Crippen LogP contribution < -0.4 is 5.32 Å². The molecular weight excluding hydrogens is 326 g/mol. The largest absolute Gasteiger partial charge is 0.451 e. The molecule has 2 aliphatic heterocycles. The lowest BCUT2D eigenvalue weighted by Gasteiger charge is -2.32. The van der Waals surface area contributed by atoms with Crippen molar-refractivity contribution in [1.82, 2.24) is 15.1 Å². The van der Waals surface area contributed by atoms with Crippen molar-refractivity contribution >= 4 is 29.3 Å². The van der Waals surface area contributed by atoms with Gasteiger partial charge in [-0.1, -0.05) is 18.2 Å². The summed E-state index contributed by atoms with van der Waals surface area (Å²) >= 11 is 0. The highest BCUT2D eigenvalue weighted by Crippen LogP contribution is 2.25. The first-order chi connectivity index (χ1) is 11.2. The molecule has 2 fully saturated rings. The summed E-state index contributed by atoms with van der Waals surface area (Å²) in [7, 11) is 0. The molecule has 2 aliphatic rings. The Bertz CT molecular complexity index is 724. The zero-order chi connectivity index (χ0) is 15.8. The number of likely N-dealkylation sites (tertiary alicyclic amines) is 1. The summed E-state index contributed by atoms with van der Waals surface area (Å²) in [6.45, 7) is 7.91. The number of para-hydroxylation sites is 1. The number of halogens is 1. The van der Waals surface area contributed by atoms with Crippen LogP contribution in [0.25, 0.3) is 11.0 Å². The number of amides is 1. The first-order valence-electron chi connectivity index (χ1n) is 8.45. The van der Waals surface area contributed by atoms with E-state index in [9.17, 15) is 4.79 Å². The van der Waals surface area contributed by atoms with Crippen molar-refractivity contribution in [3.63, 3.8) is 0 Å². The van der Waals surface area contributed by atoms with Gasteiger partial charge in [-0.3, -0.25) is 9.69 Å². The molecule has 1 N–H and O–H groups in total. The summed E-state index contributed by atoms with van der Waals surface area (Å²) in [4.78, 5) is 17.2. The van der Waals surface area contributed by atoms with Crippen LogP contribution in [-0.4, -0.2) is 61.0 Å². The van der Waals surface area contributed by atoms with Crippen LogP contribution in [0, 0.1) is 6.92 Å². The van der Waals surface area contributed by atoms with Gasteiger partial charge in [0.2, 0.25) is 0 Å². The highest BCUT2D eigenvalue weighted by Gasteiger charge is 2.32. The van der Waals surface area contributed by atoms with Crippen LogP contribution in [0.2, 0.25) is 0 Å². The summed E-state index contributed by atoms with van der Waals surface area (Å²) < 4.78 is 5.84. The van der Waals surface area contributed by atoms with E-state index in [1.54, 1.807) is 0 Å². The fourth-order valence-corrected chi connectivity index (χ4v) is 3.74. The first kappa shape index (κ1) is 17.3. The van der Waals surface area contributed by atoms with E-state index in [0.29, 0.717) is 11.8 Å². The molecular formula is C18H24ClN3O2. The molecule has 1 unspecified atom stereocenters. The Morgan fingerprint density at radius 3 is 2.79 bits per heavy atom. The van der Waals surface area contributed by atoms with Gasteiger partial charge in [0, 0.05) is 50.7 Å². The Hall–Kier alpha value is -1.56. The Morgan fingerprint density at radius 1 is 1.25 bits per heavy atom. The van der Waals surface area contributed by atoms with Gasteiger partial charge in [0.05, 0.1) is 0 Å². The molecule has 4 rings (SSSR count). The number of hydrogen-bond donors (Lipinski definition) is 1. The third-order valence-electron chi connectivity index (χ3n) is 5.07. The molecule has 1 atom stereocenters. The average Bonchev–Trinajstić information content (AvgIpc) is 3.23. The fraction of sp³-hybridized carbons (Fsp3) is 0.500. The number of piperazine rings is 1. The maximum Gasteiger partial charge on any atom is 0.289 e. The standard InChI is InChI=1S/C18H23N3O2.ClH/c1-13-3-2-4-14-11-16(23-17(13)14)18(22)21-8-5-15(12-21)20-9-6-19-7-10-20;/h2-4,11,15,19H,5-10,12H2,1H3;1H. The number of nitrogens with one attached hydrogen (secondary N) is 1. The summed E-state index contributed by atoms with van der Waals surface area (Å²) in [5, 5.41) is 4.39. The molecule has 1 aromatic heterocycles. The number of hydrogen-bond acceptors (Lipinski definition) is 4. The minimum atomic E-state index is 0. The molecule has 5 nitrogen and oxygen atoms in total. The average molecular weight is 350 g/mol. The molecule has 130 valence electrons. The molecule has 1 amide bonds. The predicted molar refractivity (Wildman–Crippen MR) is 97.0 cm³/mol. The smallest absolute Gasteiger partial charge is 0.289 e. The molecule has 24 heavy (non-hydrogen) atoms. The molecule has 0 aliphatic carbocycles. The van der Waals surface area contributed by atoms with Gasteiger partial charge in [0.15, 0.2) is 5.76 Å². The van der Waals surface area contributed by atoms with Crippen LogP contribution in [0.15, 0.2) is 28.7 Å². The van der Waals surface area contributed by atoms with E-state index < -0.39 is 0 Å². The topological polar surface area (TPSA) is 48.7 Å². The third-order valence-corrected chi connectivity index (χ3v) is 5.07. The molecule has 2 saturated heterocycles. The maximum atomic E-state index is 12.8. The molecule has 6 heteroatoms. The molecule has 0 radical (unpaired) electrons. The van der Waals surface area contributed by atoms with Crippen molar-refractivity contribution < 1.29 is 9.21 Å². The zero-order valence-electron chi connectivity index (χ0n) is 14.0. The summed E-state index contributed by atoms with van der Waals surface area (Å²) in [5.74, 6) is 0.494. The number of rotatable bonds is 2. The molecule has 0 spiro atoms. The second-order valence-corrected chi connectivity index (χ2v) is 6.58. The monoisotopic (exact) mass is 349 g/mol. The van der Waals surface area contributed by atoms with E-state index in [0.717, 1.165) is 62.2 Å². The van der Waals surface area contributed by atoms with Gasteiger partial charge in [0.25, 0.3) is 5.91 Å². The highest BCUT2D eigenvalue weighted by atomic mass is 35.5. The van der Waals surface area contributed by atoms with E-state index in [-0.39, 0.29) is 18.3 Å². The minimum absolute atomic E-state index is 0. The van der Waals surface area contributed by atoms with E-state index in [1.165, 1.54) is 0 Å². The van der Waals surface area contributed by atoms with Gasteiger partial charge in [-0.2, -0.15) is 0 Å². The second kappa shape index (κ2) is 7.13. The number of carbonyl (C=O) groups is 1. The van der Waals surface area contributed by atoms with Gasteiger partial charge in [-0.05, 0) is 25.0 Å². The van der Waals surface area contributed by atoms with Crippen molar-refractivity contribution in [3.05, 3.63) is 35.6 Å². The third kappa shape index (κ3) is 3.16. The van der Waals surface area contributed by atoms with Gasteiger partial charge >= 0.3 is 0 Å². The number of carbonyl (C=O) groups excluding carboxylic acids is 1. The Kier molecular flexibility index (Phi) is 5.13. The Morgan fingerprint density at radius 2 is 2.04 bits per heavy atom. The van der Waals surface area contributed by atoms with Crippen molar-refractivity contribution in [2.45, 2.75) is 19.4 Å². The van der Waals surface area contributed by atoms with Gasteiger partial charge in [0.1, 0.15) is 5.58 Å². The lowest BCUT2D eigenvalue weighted by atomic mass is 10.2. The Balaban J connectivity index is 0.00000169. The van der Waals surface area contributed by atoms with Gasteiger partial charge in [-0.25, -0.2) is 0 Å². The van der Waals surface area contributed by atoms with Gasteiger partial charge < -0.3 is 14.6 Å². The summed E-state index contributed by atoms with van der Waals surface area (Å²) in [6, 6.07) is 8.37. The lowest BCUT2D eigenvalue weighted by Crippen LogP contribution is -2.49. The number of nitrogens with zero attached hydrogens (tertiary/aromatic N) is 2. The van der Waals surface area contributed by atoms with Crippen molar-refractivity contribution in [3.8, 4) is 0 Å². The van der Waals surface area contributed by atoms with E-state index in [4.69, 9.17) is 4.42 Å². The number of aryl methyl sites for hydroxylation is 1. The van der Waals surface area contributed by atoms with Crippen LogP contribution in [0.1, 0.15) is 22.5 Å². The van der Waals surface area contributed by atoms with Crippen LogP contribution in [0.5, 0.6) is 0 Å². The van der Waals surface area contributed by atoms with E-state index in [1.807, 2.05) is 36.1 Å². The SMILES string of the molecule is Cc1cccc2cc(C(=O)N3CCC(N4CCNCC4)C3)oc12.Cl. The van der Waals surface area contributed by atoms with E-state index >= 15 is 0 Å². The lowest BCUT2D eigenvalue weighted by molar-refractivity contribution is 0.0744. The van der Waals surface area contributed by atoms with Crippen LogP contribution in [0.4, 0.5) is 0 Å². The molecule has 3 heterocycles. The van der Waals surface area contributed by atoms with E-state index in [2.05, 4.69) is 10.2 Å². The Labute approximate surface area is 148 Å². The second-order valence-electron chi connectivity index (χ2n) is 6.58. The summed E-state index contributed by atoms with van der Waals surface area (Å²) in [6.07, 6.45) is 1.06. The van der Waals surface area contributed by atoms with Crippen LogP contribution >= 0.6 is 12.4 Å². The molecule has 1 aromatic carbocycles. The van der Waals surface area contributed by atoms with Crippen molar-refractivity contribution in [2.75, 3.05) is 39.3 Å². The van der Waals surface area contributed by atoms with Crippen LogP contribution in [-0.2, 0) is 0 Å². The van der Waals surface area contributed by atoms with Crippen molar-refractivity contribution in [2.24, 2.45) is 0 Å². The molecule has 0 saturated carbocycles. The quantitative estimate of drug-likeness (QED) is 0.903. The van der Waals surface area contributed by atoms with Gasteiger partial charge in [-0.15, -0.1) is 12.4 Å². The highest BCUT2D eigenvalue weighted by molar-refractivity contribution is 5.96. The number of benzene rings is 1. The maximum absolute atomic E-state index is 12.8. The first-order valence-corrected chi connectivity index (χ1v) is 8.45. The zero-order valence-corrected chi connectivity index (χ0v) is 14.8. The number of fused-ring (bicyclic) bond motifs is 1. The summed E-state index contributed by atoms with van der Waals surface area (Å²) in [5.41, 5.74) is 1.90.